The second-order valence-electron chi connectivity index (χ2n) is 2.24. The summed E-state index contributed by atoms with van der Waals surface area (Å²) in [5.74, 6) is 0. The standard InChI is InChI=1S/C7H5BrF2N2O/c8-4-3(2-13)1-12-6(5(4)11)7(9)10/h1-2,7H,11H2. The Hall–Kier alpha value is -1.04. The number of carbonyl (C=O) groups excluding carboxylic acids is 1. The number of pyridine rings is 1. The van der Waals surface area contributed by atoms with E-state index in [1.807, 2.05) is 0 Å². The molecule has 2 N–H and O–H groups in total. The molecular formula is C7H5BrF2N2O. The number of anilines is 1. The summed E-state index contributed by atoms with van der Waals surface area (Å²) in [5, 5.41) is 0. The van der Waals surface area contributed by atoms with E-state index in [-0.39, 0.29) is 15.7 Å². The Labute approximate surface area is 81.1 Å². The molecule has 0 fully saturated rings. The van der Waals surface area contributed by atoms with Crippen LogP contribution in [-0.4, -0.2) is 11.3 Å². The topological polar surface area (TPSA) is 56.0 Å². The molecule has 0 unspecified atom stereocenters. The van der Waals surface area contributed by atoms with Crippen LogP contribution >= 0.6 is 15.9 Å². The maximum absolute atomic E-state index is 12.2. The van der Waals surface area contributed by atoms with Gasteiger partial charge in [0.1, 0.15) is 5.69 Å². The van der Waals surface area contributed by atoms with Gasteiger partial charge in [-0.3, -0.25) is 9.78 Å². The zero-order valence-corrected chi connectivity index (χ0v) is 7.88. The van der Waals surface area contributed by atoms with Crippen LogP contribution in [0.5, 0.6) is 0 Å². The van der Waals surface area contributed by atoms with Gasteiger partial charge in [0.25, 0.3) is 6.43 Å². The molecule has 1 rings (SSSR count). The highest BCUT2D eigenvalue weighted by molar-refractivity contribution is 9.10. The second-order valence-corrected chi connectivity index (χ2v) is 3.04. The Morgan fingerprint density at radius 2 is 2.23 bits per heavy atom. The van der Waals surface area contributed by atoms with Gasteiger partial charge in [0.2, 0.25) is 0 Å². The molecule has 0 radical (unpaired) electrons. The predicted octanol–water partition coefficient (Wildman–Crippen LogP) is 2.18. The van der Waals surface area contributed by atoms with Crippen molar-refractivity contribution in [2.45, 2.75) is 6.43 Å². The van der Waals surface area contributed by atoms with Crippen LogP contribution in [0.15, 0.2) is 10.7 Å². The van der Waals surface area contributed by atoms with E-state index in [4.69, 9.17) is 5.73 Å². The van der Waals surface area contributed by atoms with Crippen molar-refractivity contribution in [1.29, 1.82) is 0 Å². The third-order valence-corrected chi connectivity index (χ3v) is 2.33. The van der Waals surface area contributed by atoms with Gasteiger partial charge in [0.15, 0.2) is 6.29 Å². The minimum atomic E-state index is -2.74. The minimum Gasteiger partial charge on any atom is -0.396 e. The Morgan fingerprint density at radius 3 is 2.69 bits per heavy atom. The molecule has 0 aliphatic rings. The van der Waals surface area contributed by atoms with E-state index in [9.17, 15) is 13.6 Å². The van der Waals surface area contributed by atoms with Gasteiger partial charge >= 0.3 is 0 Å². The van der Waals surface area contributed by atoms with Crippen LogP contribution in [0, 0.1) is 0 Å². The van der Waals surface area contributed by atoms with E-state index in [0.29, 0.717) is 6.29 Å². The molecule has 0 saturated heterocycles. The average Bonchev–Trinajstić information content (AvgIpc) is 2.09. The normalized spacial score (nSPS) is 10.5. The summed E-state index contributed by atoms with van der Waals surface area (Å²) in [4.78, 5) is 13.7. The summed E-state index contributed by atoms with van der Waals surface area (Å²) in [6.45, 7) is 0. The van der Waals surface area contributed by atoms with E-state index in [0.717, 1.165) is 6.20 Å². The molecule has 0 aromatic carbocycles. The summed E-state index contributed by atoms with van der Waals surface area (Å²) in [6.07, 6.45) is -1.20. The Kier molecular flexibility index (Phi) is 2.92. The lowest BCUT2D eigenvalue weighted by Gasteiger charge is -2.06. The molecule has 0 aliphatic carbocycles. The first kappa shape index (κ1) is 10.0. The molecule has 1 aromatic heterocycles. The van der Waals surface area contributed by atoms with Gasteiger partial charge in [0, 0.05) is 11.8 Å². The summed E-state index contributed by atoms with van der Waals surface area (Å²) in [5.41, 5.74) is 4.76. The molecule has 0 amide bonds. The zero-order chi connectivity index (χ0) is 10.0. The van der Waals surface area contributed by atoms with Crippen LogP contribution < -0.4 is 5.73 Å². The fraction of sp³-hybridized carbons (Fsp3) is 0.143. The van der Waals surface area contributed by atoms with Gasteiger partial charge < -0.3 is 5.73 Å². The third kappa shape index (κ3) is 1.82. The third-order valence-electron chi connectivity index (χ3n) is 1.44. The van der Waals surface area contributed by atoms with Crippen LogP contribution in [0.4, 0.5) is 14.5 Å². The number of nitrogens with two attached hydrogens (primary N) is 1. The molecule has 6 heteroatoms. The van der Waals surface area contributed by atoms with Crippen molar-refractivity contribution in [3.8, 4) is 0 Å². The number of nitrogens with zero attached hydrogens (tertiary/aromatic N) is 1. The van der Waals surface area contributed by atoms with Crippen LogP contribution in [-0.2, 0) is 0 Å². The molecular weight excluding hydrogens is 246 g/mol. The van der Waals surface area contributed by atoms with Crippen molar-refractivity contribution in [2.24, 2.45) is 0 Å². The fourth-order valence-corrected chi connectivity index (χ4v) is 1.19. The summed E-state index contributed by atoms with van der Waals surface area (Å²) >= 11 is 2.93. The molecule has 1 heterocycles. The van der Waals surface area contributed by atoms with E-state index < -0.39 is 12.1 Å². The molecule has 0 atom stereocenters. The lowest BCUT2D eigenvalue weighted by atomic mass is 10.2. The first-order valence-electron chi connectivity index (χ1n) is 3.25. The van der Waals surface area contributed by atoms with Crippen molar-refractivity contribution in [2.75, 3.05) is 5.73 Å². The lowest BCUT2D eigenvalue weighted by Crippen LogP contribution is -2.01. The summed E-state index contributed by atoms with van der Waals surface area (Å²) in [6, 6.07) is 0. The van der Waals surface area contributed by atoms with Crippen molar-refractivity contribution in [3.05, 3.63) is 21.9 Å². The number of halogens is 3. The van der Waals surface area contributed by atoms with Gasteiger partial charge in [0.05, 0.1) is 10.2 Å². The smallest absolute Gasteiger partial charge is 0.282 e. The number of nitrogen functional groups attached to an aromatic ring is 1. The van der Waals surface area contributed by atoms with Crippen LogP contribution in [0.3, 0.4) is 0 Å². The molecule has 0 spiro atoms. The largest absolute Gasteiger partial charge is 0.396 e. The number of hydrogen-bond donors (Lipinski definition) is 1. The monoisotopic (exact) mass is 250 g/mol. The van der Waals surface area contributed by atoms with E-state index >= 15 is 0 Å². The second kappa shape index (κ2) is 3.78. The van der Waals surface area contributed by atoms with Crippen molar-refractivity contribution < 1.29 is 13.6 Å². The van der Waals surface area contributed by atoms with Crippen molar-refractivity contribution in [3.63, 3.8) is 0 Å². The fourth-order valence-electron chi connectivity index (χ4n) is 0.789. The highest BCUT2D eigenvalue weighted by atomic mass is 79.9. The number of rotatable bonds is 2. The maximum atomic E-state index is 12.2. The quantitative estimate of drug-likeness (QED) is 0.819. The molecule has 0 aliphatic heterocycles. The highest BCUT2D eigenvalue weighted by Crippen LogP contribution is 2.30. The van der Waals surface area contributed by atoms with Crippen LogP contribution in [0.25, 0.3) is 0 Å². The first-order valence-corrected chi connectivity index (χ1v) is 4.04. The molecule has 1 aromatic rings. The number of aromatic nitrogens is 1. The summed E-state index contributed by atoms with van der Waals surface area (Å²) < 4.78 is 24.5. The first-order chi connectivity index (χ1) is 6.07. The SMILES string of the molecule is Nc1c(C(F)F)ncc(C=O)c1Br. The Bertz CT molecular complexity index is 344. The molecule has 0 bridgehead atoms. The van der Waals surface area contributed by atoms with Gasteiger partial charge in [-0.25, -0.2) is 8.78 Å². The Balaban J connectivity index is 3.31. The van der Waals surface area contributed by atoms with Crippen molar-refractivity contribution in [1.82, 2.24) is 4.98 Å². The number of aldehydes is 1. The number of carbonyl (C=O) groups is 1. The van der Waals surface area contributed by atoms with Gasteiger partial charge in [-0.1, -0.05) is 0 Å². The molecule has 70 valence electrons. The number of hydrogen-bond acceptors (Lipinski definition) is 3. The molecule has 0 saturated carbocycles. The predicted molar refractivity (Wildman–Crippen MR) is 46.7 cm³/mol. The van der Waals surface area contributed by atoms with E-state index in [1.165, 1.54) is 0 Å². The number of alkyl halides is 2. The van der Waals surface area contributed by atoms with E-state index in [1.54, 1.807) is 0 Å². The summed E-state index contributed by atoms with van der Waals surface area (Å²) in [7, 11) is 0. The lowest BCUT2D eigenvalue weighted by molar-refractivity contribution is 0.112. The van der Waals surface area contributed by atoms with Crippen LogP contribution in [0.1, 0.15) is 22.5 Å². The average molecular weight is 251 g/mol. The molecule has 13 heavy (non-hydrogen) atoms. The van der Waals surface area contributed by atoms with Gasteiger partial charge in [-0.05, 0) is 15.9 Å². The Morgan fingerprint density at radius 1 is 1.62 bits per heavy atom. The van der Waals surface area contributed by atoms with Gasteiger partial charge in [-0.15, -0.1) is 0 Å². The minimum absolute atomic E-state index is 0.155. The van der Waals surface area contributed by atoms with E-state index in [2.05, 4.69) is 20.9 Å². The van der Waals surface area contributed by atoms with Crippen LogP contribution in [0.2, 0.25) is 0 Å². The molecule has 3 nitrogen and oxygen atoms in total. The van der Waals surface area contributed by atoms with Crippen molar-refractivity contribution >= 4 is 27.9 Å². The highest BCUT2D eigenvalue weighted by Gasteiger charge is 2.16. The maximum Gasteiger partial charge on any atom is 0.282 e. The van der Waals surface area contributed by atoms with Gasteiger partial charge in [-0.2, -0.15) is 0 Å². The zero-order valence-electron chi connectivity index (χ0n) is 6.30.